The van der Waals surface area contributed by atoms with Crippen LogP contribution in [0.25, 0.3) is 0 Å². The number of nitrogens with one attached hydrogen (secondary N) is 2. The Hall–Kier alpha value is -2.67. The summed E-state index contributed by atoms with van der Waals surface area (Å²) in [6.45, 7) is -5.23. The molecular formula is C23H32N3O14P3. The van der Waals surface area contributed by atoms with Gasteiger partial charge in [-0.1, -0.05) is 30.3 Å². The molecule has 3 rings (SSSR count). The molecule has 2 atom stereocenters. The smallest absolute Gasteiger partial charge is 0.367 e. The molecule has 0 aliphatic carbocycles. The van der Waals surface area contributed by atoms with E-state index < -0.39 is 51.6 Å². The van der Waals surface area contributed by atoms with Crippen LogP contribution in [0.15, 0.2) is 46.1 Å². The van der Waals surface area contributed by atoms with Crippen molar-refractivity contribution < 1.29 is 58.6 Å². The standard InChI is InChI=1S/C23H30N3O14P3.H2/c27-22-19(8-4-5-14-35-15-13-24-12-11-18-6-2-1-3-7-18)16-26(23(28)25-22)21-10-9-20(37-21)17-36-43(39-30,40-38-29,41(31)32)42(33)34;/h1-3,6-7,16,20-21,24,29-30H,8-15,17H2,(H,25,27,28);1H/t20-,21+;/m0./s1. The van der Waals surface area contributed by atoms with Gasteiger partial charge < -0.3 is 10.1 Å². The molecule has 17 nitrogen and oxygen atoms in total. The molecule has 0 amide bonds. The first kappa shape index (κ1) is 34.8. The third kappa shape index (κ3) is 8.71. The Balaban J connectivity index is 0.00000675. The quantitative estimate of drug-likeness (QED) is 0.0624. The molecule has 0 spiro atoms. The monoisotopic (exact) mass is 667 g/mol. The van der Waals surface area contributed by atoms with Crippen molar-refractivity contribution in [2.24, 2.45) is 0 Å². The predicted octanol–water partition coefficient (Wildman–Crippen LogP) is 3.26. The van der Waals surface area contributed by atoms with Crippen molar-refractivity contribution in [1.29, 1.82) is 0 Å². The molecule has 20 heteroatoms. The first-order valence-electron chi connectivity index (χ1n) is 12.7. The van der Waals surface area contributed by atoms with Crippen LogP contribution in [0.1, 0.15) is 31.6 Å². The predicted molar refractivity (Wildman–Crippen MR) is 150 cm³/mol. The molecule has 43 heavy (non-hydrogen) atoms. The second-order valence-electron chi connectivity index (χ2n) is 8.98. The summed E-state index contributed by atoms with van der Waals surface area (Å²) in [6.07, 6.45) is 0.472. The molecule has 1 aliphatic rings. The molecule has 2 aromatic rings. The Kier molecular flexibility index (Phi) is 13.3. The van der Waals surface area contributed by atoms with Crippen molar-refractivity contribution in [2.75, 3.05) is 32.9 Å². The summed E-state index contributed by atoms with van der Waals surface area (Å²) < 4.78 is 71.4. The van der Waals surface area contributed by atoms with Gasteiger partial charge in [0.15, 0.2) is 0 Å². The number of aromatic amines is 1. The van der Waals surface area contributed by atoms with E-state index in [-0.39, 0.29) is 32.9 Å². The van der Waals surface area contributed by atoms with Crippen LogP contribution in [0.5, 0.6) is 0 Å². The molecule has 1 fully saturated rings. The summed E-state index contributed by atoms with van der Waals surface area (Å²) in [7, 11) is -8.66. The number of rotatable bonds is 17. The van der Waals surface area contributed by atoms with Crippen molar-refractivity contribution in [3.8, 4) is 11.8 Å². The van der Waals surface area contributed by atoms with Crippen LogP contribution in [-0.2, 0) is 59.5 Å². The number of benzene rings is 1. The van der Waals surface area contributed by atoms with E-state index in [4.69, 9.17) is 24.5 Å². The molecule has 1 aromatic carbocycles. The summed E-state index contributed by atoms with van der Waals surface area (Å²) >= 11 is 0. The van der Waals surface area contributed by atoms with Gasteiger partial charge in [0.2, 0.25) is 0 Å². The summed E-state index contributed by atoms with van der Waals surface area (Å²) in [6, 6.07) is 10.1. The molecule has 0 bridgehead atoms. The van der Waals surface area contributed by atoms with Crippen molar-refractivity contribution in [2.45, 2.75) is 38.0 Å². The number of hydrogen-bond acceptors (Lipinski definition) is 15. The maximum absolute atomic E-state index is 12.4. The molecular weight excluding hydrogens is 635 g/mol. The molecule has 1 aromatic heterocycles. The zero-order valence-corrected chi connectivity index (χ0v) is 25.2. The Morgan fingerprint density at radius 3 is 2.51 bits per heavy atom. The van der Waals surface area contributed by atoms with Gasteiger partial charge in [0.25, 0.3) is 0 Å². The molecule has 2 heterocycles. The van der Waals surface area contributed by atoms with Crippen LogP contribution in [-0.4, -0.2) is 59.1 Å². The number of H-pyrrole nitrogens is 1. The van der Waals surface area contributed by atoms with Gasteiger partial charge in [-0.2, -0.15) is 0 Å². The minimum absolute atomic E-state index is 0. The first-order chi connectivity index (χ1) is 20.7. The second-order valence-corrected chi connectivity index (χ2v) is 19.2. The van der Waals surface area contributed by atoms with E-state index in [0.29, 0.717) is 13.2 Å². The van der Waals surface area contributed by atoms with E-state index in [9.17, 15) is 27.8 Å². The van der Waals surface area contributed by atoms with Crippen molar-refractivity contribution in [3.05, 3.63) is 68.5 Å². The molecule has 238 valence electrons. The number of hydrogen-bond donors (Lipinski definition) is 4. The first-order valence-corrected chi connectivity index (χ1v) is 18.5. The van der Waals surface area contributed by atoms with E-state index in [2.05, 4.69) is 48.7 Å². The Bertz CT molecular complexity index is 1520. The van der Waals surface area contributed by atoms with Gasteiger partial charge in [0.1, 0.15) is 0 Å². The summed E-state index contributed by atoms with van der Waals surface area (Å²) in [5, 5.41) is 24.1. The average Bonchev–Trinajstić information content (AvgIpc) is 3.46. The maximum atomic E-state index is 12.4. The van der Waals surface area contributed by atoms with Gasteiger partial charge in [0.05, 0.1) is 6.61 Å². The minimum atomic E-state index is -6.45. The number of ether oxygens (including phenoxy) is 2. The topological polar surface area (TPSA) is 231 Å². The van der Waals surface area contributed by atoms with Crippen LogP contribution in [0, 0.1) is 11.8 Å². The molecule has 0 radical (unpaired) electrons. The average molecular weight is 667 g/mol. The Morgan fingerprint density at radius 2 is 1.84 bits per heavy atom. The number of aromatic nitrogens is 2. The minimum Gasteiger partial charge on any atom is -0.367 e. The fourth-order valence-corrected chi connectivity index (χ4v) is 8.40. The van der Waals surface area contributed by atoms with Crippen LogP contribution < -0.4 is 16.6 Å². The Labute approximate surface area is 246 Å². The fraction of sp³-hybridized carbons (Fsp3) is 0.478. The third-order valence-corrected chi connectivity index (χ3v) is 15.9. The van der Waals surface area contributed by atoms with Gasteiger partial charge >= 0.3 is 173 Å². The van der Waals surface area contributed by atoms with E-state index in [1.807, 2.05) is 18.2 Å². The number of nitrogens with zero attached hydrogens (tertiary/aromatic N) is 1. The normalized spacial score (nSPS) is 17.5. The molecule has 1 saturated heterocycles. The van der Waals surface area contributed by atoms with Crippen LogP contribution in [0.2, 0.25) is 0 Å². The summed E-state index contributed by atoms with van der Waals surface area (Å²) in [4.78, 5) is 26.9. The Morgan fingerprint density at radius 1 is 1.09 bits per heavy atom. The zero-order valence-electron chi connectivity index (χ0n) is 22.6. The van der Waals surface area contributed by atoms with Gasteiger partial charge in [0, 0.05) is 7.97 Å². The molecule has 0 unspecified atom stereocenters. The van der Waals surface area contributed by atoms with Gasteiger partial charge in [-0.15, -0.1) is 0 Å². The van der Waals surface area contributed by atoms with Gasteiger partial charge in [-0.25, -0.2) is 0 Å². The zero-order chi connectivity index (χ0) is 31.3. The molecule has 0 saturated carbocycles. The van der Waals surface area contributed by atoms with Gasteiger partial charge in [-0.05, 0) is 18.5 Å². The summed E-state index contributed by atoms with van der Waals surface area (Å²) in [5.74, 6) is 5.61. The van der Waals surface area contributed by atoms with E-state index >= 15 is 0 Å². The fourth-order valence-electron chi connectivity index (χ4n) is 3.95. The van der Waals surface area contributed by atoms with E-state index in [1.54, 1.807) is 0 Å². The van der Waals surface area contributed by atoms with Crippen molar-refractivity contribution in [1.82, 2.24) is 14.9 Å². The SMILES string of the molecule is O=c1[nH]c(=O)n([C@H]2CC[C@@H](COP(OO)(OOO)(P(=O)=O)P(=O)=O)O2)cc1CC#CCOCCNCCc1ccccc1.[HH]. The van der Waals surface area contributed by atoms with Gasteiger partial charge in [-0.3, -0.25) is 0 Å². The second kappa shape index (κ2) is 16.4. The molecule has 4 N–H and O–H groups in total. The van der Waals surface area contributed by atoms with Crippen LogP contribution in [0.4, 0.5) is 0 Å². The van der Waals surface area contributed by atoms with Crippen LogP contribution in [0.3, 0.4) is 0 Å². The van der Waals surface area contributed by atoms with Crippen molar-refractivity contribution in [3.63, 3.8) is 0 Å². The van der Waals surface area contributed by atoms with Crippen molar-refractivity contribution >= 4 is 21.4 Å². The van der Waals surface area contributed by atoms with E-state index in [0.717, 1.165) is 17.5 Å². The van der Waals surface area contributed by atoms with E-state index in [1.165, 1.54) is 11.8 Å². The van der Waals surface area contributed by atoms with Crippen LogP contribution >= 0.6 is 21.4 Å². The molecule has 1 aliphatic heterocycles. The summed E-state index contributed by atoms with van der Waals surface area (Å²) in [5.41, 5.74) is -0.0346. The third-order valence-electron chi connectivity index (χ3n) is 6.20.